The fourth-order valence-electron chi connectivity index (χ4n) is 1.47. The van der Waals surface area contributed by atoms with E-state index in [9.17, 15) is 14.0 Å². The van der Waals surface area contributed by atoms with Crippen molar-refractivity contribution in [1.29, 1.82) is 0 Å². The quantitative estimate of drug-likeness (QED) is 0.877. The lowest BCUT2D eigenvalue weighted by molar-refractivity contribution is -0.119. The summed E-state index contributed by atoms with van der Waals surface area (Å²) in [5.41, 5.74) is -0.301. The summed E-state index contributed by atoms with van der Waals surface area (Å²) >= 11 is 5.57. The number of benzene rings is 1. The molecule has 1 amide bonds. The van der Waals surface area contributed by atoms with Gasteiger partial charge in [-0.1, -0.05) is 16.8 Å². The molecule has 0 saturated carbocycles. The largest absolute Gasteiger partial charge is 0.452 e. The van der Waals surface area contributed by atoms with Crippen LogP contribution in [0.2, 0.25) is 5.02 Å². The SMILES string of the molecule is Cc1cc(NC(=O)COC(=O)c2ccc(Cl)cc2F)no1. The van der Waals surface area contributed by atoms with E-state index in [1.165, 1.54) is 18.2 Å². The molecule has 1 aromatic heterocycles. The van der Waals surface area contributed by atoms with E-state index in [4.69, 9.17) is 20.9 Å². The van der Waals surface area contributed by atoms with Crippen molar-refractivity contribution < 1.29 is 23.2 Å². The van der Waals surface area contributed by atoms with E-state index >= 15 is 0 Å². The molecular formula is C13H10ClFN2O4. The number of hydrogen-bond donors (Lipinski definition) is 1. The van der Waals surface area contributed by atoms with Gasteiger partial charge in [-0.15, -0.1) is 0 Å². The van der Waals surface area contributed by atoms with Crippen molar-refractivity contribution in [3.05, 3.63) is 46.4 Å². The molecule has 1 N–H and O–H groups in total. The third kappa shape index (κ3) is 4.03. The minimum Gasteiger partial charge on any atom is -0.452 e. The first-order chi connectivity index (χ1) is 9.95. The van der Waals surface area contributed by atoms with Gasteiger partial charge in [0.2, 0.25) is 0 Å². The number of nitrogens with one attached hydrogen (secondary N) is 1. The molecule has 2 rings (SSSR count). The molecule has 110 valence electrons. The lowest BCUT2D eigenvalue weighted by Gasteiger charge is -2.05. The van der Waals surface area contributed by atoms with E-state index in [0.29, 0.717) is 5.76 Å². The Morgan fingerprint density at radius 2 is 2.19 bits per heavy atom. The Balaban J connectivity index is 1.90. The van der Waals surface area contributed by atoms with Gasteiger partial charge in [0.05, 0.1) is 5.56 Å². The zero-order valence-corrected chi connectivity index (χ0v) is 11.6. The van der Waals surface area contributed by atoms with Gasteiger partial charge in [-0.2, -0.15) is 0 Å². The molecule has 0 atom stereocenters. The smallest absolute Gasteiger partial charge is 0.341 e. The van der Waals surface area contributed by atoms with Crippen molar-refractivity contribution in [2.45, 2.75) is 6.92 Å². The average molecular weight is 313 g/mol. The van der Waals surface area contributed by atoms with Gasteiger partial charge in [0.1, 0.15) is 11.6 Å². The Kier molecular flexibility index (Phi) is 4.54. The van der Waals surface area contributed by atoms with E-state index in [0.717, 1.165) is 6.07 Å². The minimum absolute atomic E-state index is 0.156. The van der Waals surface area contributed by atoms with Crippen LogP contribution < -0.4 is 5.32 Å². The summed E-state index contributed by atoms with van der Waals surface area (Å²) < 4.78 is 22.9. The summed E-state index contributed by atoms with van der Waals surface area (Å²) in [5.74, 6) is -1.68. The molecule has 0 fully saturated rings. The number of ether oxygens (including phenoxy) is 1. The van der Waals surface area contributed by atoms with E-state index < -0.39 is 24.3 Å². The van der Waals surface area contributed by atoms with E-state index in [1.807, 2.05) is 0 Å². The predicted octanol–water partition coefficient (Wildman–Crippen LogP) is 2.57. The van der Waals surface area contributed by atoms with Crippen molar-refractivity contribution in [3.8, 4) is 0 Å². The maximum atomic E-state index is 13.5. The van der Waals surface area contributed by atoms with Gasteiger partial charge in [-0.25, -0.2) is 9.18 Å². The number of halogens is 2. The number of amides is 1. The molecule has 0 saturated heterocycles. The van der Waals surface area contributed by atoms with Crippen molar-refractivity contribution in [2.75, 3.05) is 11.9 Å². The Morgan fingerprint density at radius 1 is 1.43 bits per heavy atom. The summed E-state index contributed by atoms with van der Waals surface area (Å²) in [4.78, 5) is 23.1. The lowest BCUT2D eigenvalue weighted by Crippen LogP contribution is -2.21. The Hall–Kier alpha value is -2.41. The minimum atomic E-state index is -0.962. The number of esters is 1. The molecule has 21 heavy (non-hydrogen) atoms. The summed E-state index contributed by atoms with van der Waals surface area (Å²) in [6.07, 6.45) is 0. The molecule has 0 radical (unpaired) electrons. The van der Waals surface area contributed by atoms with Crippen LogP contribution in [0, 0.1) is 12.7 Å². The fraction of sp³-hybridized carbons (Fsp3) is 0.154. The molecule has 0 aliphatic carbocycles. The van der Waals surface area contributed by atoms with Crippen LogP contribution in [0.1, 0.15) is 16.1 Å². The third-order valence-corrected chi connectivity index (χ3v) is 2.62. The van der Waals surface area contributed by atoms with Crippen LogP contribution in [-0.2, 0) is 9.53 Å². The molecule has 1 aromatic carbocycles. The van der Waals surface area contributed by atoms with Crippen LogP contribution in [-0.4, -0.2) is 23.6 Å². The molecule has 2 aromatic rings. The second kappa shape index (κ2) is 6.36. The Bertz CT molecular complexity index is 687. The van der Waals surface area contributed by atoms with Gasteiger partial charge in [0.15, 0.2) is 12.4 Å². The summed E-state index contributed by atoms with van der Waals surface area (Å²) in [6, 6.07) is 5.01. The zero-order valence-electron chi connectivity index (χ0n) is 10.9. The summed E-state index contributed by atoms with van der Waals surface area (Å²) in [6.45, 7) is 1.08. The van der Waals surface area contributed by atoms with Gasteiger partial charge < -0.3 is 14.6 Å². The number of carbonyl (C=O) groups excluding carboxylic acids is 2. The van der Waals surface area contributed by atoms with Crippen molar-refractivity contribution >= 4 is 29.3 Å². The Morgan fingerprint density at radius 3 is 2.81 bits per heavy atom. The maximum absolute atomic E-state index is 13.5. The van der Waals surface area contributed by atoms with Crippen LogP contribution in [0.5, 0.6) is 0 Å². The average Bonchev–Trinajstić information content (AvgIpc) is 2.81. The summed E-state index contributed by atoms with van der Waals surface area (Å²) in [5, 5.41) is 6.06. The molecule has 8 heteroatoms. The molecule has 0 bridgehead atoms. The molecule has 6 nitrogen and oxygen atoms in total. The van der Waals surface area contributed by atoms with E-state index in [1.54, 1.807) is 6.92 Å². The summed E-state index contributed by atoms with van der Waals surface area (Å²) in [7, 11) is 0. The predicted molar refractivity (Wildman–Crippen MR) is 71.6 cm³/mol. The van der Waals surface area contributed by atoms with E-state index in [2.05, 4.69) is 10.5 Å². The number of rotatable bonds is 4. The zero-order chi connectivity index (χ0) is 15.4. The third-order valence-electron chi connectivity index (χ3n) is 2.38. The second-order valence-electron chi connectivity index (χ2n) is 4.07. The van der Waals surface area contributed by atoms with Gasteiger partial charge in [-0.05, 0) is 25.1 Å². The number of aryl methyl sites for hydroxylation is 1. The van der Waals surface area contributed by atoms with Gasteiger partial charge in [-0.3, -0.25) is 4.79 Å². The van der Waals surface area contributed by atoms with Crippen LogP contribution >= 0.6 is 11.6 Å². The molecule has 0 aliphatic rings. The van der Waals surface area contributed by atoms with Crippen LogP contribution in [0.15, 0.2) is 28.8 Å². The second-order valence-corrected chi connectivity index (χ2v) is 4.51. The first-order valence-corrected chi connectivity index (χ1v) is 6.19. The van der Waals surface area contributed by atoms with Crippen LogP contribution in [0.4, 0.5) is 10.2 Å². The Labute approximate surface area is 123 Å². The molecule has 0 spiro atoms. The number of anilines is 1. The maximum Gasteiger partial charge on any atom is 0.341 e. The lowest BCUT2D eigenvalue weighted by atomic mass is 10.2. The van der Waals surface area contributed by atoms with Gasteiger partial charge in [0.25, 0.3) is 5.91 Å². The normalized spacial score (nSPS) is 10.2. The van der Waals surface area contributed by atoms with Crippen LogP contribution in [0.3, 0.4) is 0 Å². The first-order valence-electron chi connectivity index (χ1n) is 5.81. The number of nitrogens with zero attached hydrogens (tertiary/aromatic N) is 1. The first kappa shape index (κ1) is 15.0. The van der Waals surface area contributed by atoms with Crippen LogP contribution in [0.25, 0.3) is 0 Å². The number of aromatic nitrogens is 1. The number of hydrogen-bond acceptors (Lipinski definition) is 5. The highest BCUT2D eigenvalue weighted by atomic mass is 35.5. The van der Waals surface area contributed by atoms with Crippen molar-refractivity contribution in [3.63, 3.8) is 0 Å². The molecular weight excluding hydrogens is 303 g/mol. The molecule has 0 aliphatic heterocycles. The molecule has 1 heterocycles. The highest BCUT2D eigenvalue weighted by molar-refractivity contribution is 6.30. The van der Waals surface area contributed by atoms with Crippen molar-refractivity contribution in [2.24, 2.45) is 0 Å². The highest BCUT2D eigenvalue weighted by Crippen LogP contribution is 2.15. The van der Waals surface area contributed by atoms with Crippen molar-refractivity contribution in [1.82, 2.24) is 5.16 Å². The standard InChI is InChI=1S/C13H10ClFN2O4/c1-7-4-11(17-21-7)16-12(18)6-20-13(19)9-3-2-8(14)5-10(9)15/h2-5H,6H2,1H3,(H,16,17,18). The van der Waals surface area contributed by atoms with Gasteiger partial charge >= 0.3 is 5.97 Å². The topological polar surface area (TPSA) is 81.4 Å². The van der Waals surface area contributed by atoms with Gasteiger partial charge in [0, 0.05) is 11.1 Å². The highest BCUT2D eigenvalue weighted by Gasteiger charge is 2.15. The molecule has 0 unspecified atom stereocenters. The fourth-order valence-corrected chi connectivity index (χ4v) is 1.63. The van der Waals surface area contributed by atoms with E-state index in [-0.39, 0.29) is 16.4 Å². The number of carbonyl (C=O) groups is 2. The monoisotopic (exact) mass is 312 g/mol.